The van der Waals surface area contributed by atoms with Gasteiger partial charge < -0.3 is 19.5 Å². The first-order chi connectivity index (χ1) is 11.9. The summed E-state index contributed by atoms with van der Waals surface area (Å²) in [7, 11) is 0. The van der Waals surface area contributed by atoms with Crippen LogP contribution in [0.5, 0.6) is 0 Å². The van der Waals surface area contributed by atoms with E-state index >= 15 is 0 Å². The molecule has 1 N–H and O–H groups in total. The Hall–Kier alpha value is -1.66. The Balaban J connectivity index is 1.66. The summed E-state index contributed by atoms with van der Waals surface area (Å²) >= 11 is 0. The number of hydrogen-bond acceptors (Lipinski definition) is 5. The molecule has 6 nitrogen and oxygen atoms in total. The minimum absolute atomic E-state index is 0.0816. The highest BCUT2D eigenvalue weighted by Gasteiger charge is 2.32. The number of carbonyl (C=O) groups excluding carboxylic acids is 1. The molecule has 2 rings (SSSR count). The summed E-state index contributed by atoms with van der Waals surface area (Å²) < 4.78 is 11.2. The van der Waals surface area contributed by atoms with E-state index in [-0.39, 0.29) is 12.1 Å². The number of aromatic nitrogens is 1. The van der Waals surface area contributed by atoms with Gasteiger partial charge >= 0.3 is 6.09 Å². The van der Waals surface area contributed by atoms with Crippen molar-refractivity contribution in [1.29, 1.82) is 0 Å². The van der Waals surface area contributed by atoms with E-state index in [0.29, 0.717) is 19.6 Å². The van der Waals surface area contributed by atoms with Gasteiger partial charge in [-0.1, -0.05) is 6.07 Å². The Morgan fingerprint density at radius 1 is 1.48 bits per heavy atom. The summed E-state index contributed by atoms with van der Waals surface area (Å²) in [6, 6.07) is 3.77. The first-order valence-electron chi connectivity index (χ1n) is 9.02. The molecule has 140 valence electrons. The summed E-state index contributed by atoms with van der Waals surface area (Å²) in [6.45, 7) is 7.43. The molecule has 0 bridgehead atoms. The van der Waals surface area contributed by atoms with Crippen LogP contribution >= 0.6 is 0 Å². The number of ether oxygens (including phenoxy) is 2. The van der Waals surface area contributed by atoms with E-state index in [2.05, 4.69) is 4.98 Å². The highest BCUT2D eigenvalue weighted by Crippen LogP contribution is 2.21. The lowest BCUT2D eigenvalue weighted by Gasteiger charge is -2.28. The van der Waals surface area contributed by atoms with Crippen LogP contribution in [-0.2, 0) is 9.47 Å². The van der Waals surface area contributed by atoms with Gasteiger partial charge in [-0.3, -0.25) is 4.98 Å². The summed E-state index contributed by atoms with van der Waals surface area (Å²) in [5.41, 5.74) is 0.349. The molecular weight excluding hydrogens is 320 g/mol. The SMILES string of the molecule is CC(C)(C)OC(=O)N1CCCC1COCCCC(O)c1cccnc1. The van der Waals surface area contributed by atoms with Gasteiger partial charge in [0.25, 0.3) is 0 Å². The van der Waals surface area contributed by atoms with Gasteiger partial charge in [0.15, 0.2) is 0 Å². The van der Waals surface area contributed by atoms with Gasteiger partial charge in [-0.2, -0.15) is 0 Å². The number of amides is 1. The molecule has 0 radical (unpaired) electrons. The summed E-state index contributed by atoms with van der Waals surface area (Å²) in [5.74, 6) is 0. The van der Waals surface area contributed by atoms with Crippen molar-refractivity contribution < 1.29 is 19.4 Å². The first-order valence-corrected chi connectivity index (χ1v) is 9.02. The van der Waals surface area contributed by atoms with E-state index in [9.17, 15) is 9.90 Å². The van der Waals surface area contributed by atoms with Gasteiger partial charge in [-0.05, 0) is 58.1 Å². The second kappa shape index (κ2) is 9.15. The molecule has 0 aliphatic carbocycles. The third kappa shape index (κ3) is 6.63. The van der Waals surface area contributed by atoms with Crippen LogP contribution in [0, 0.1) is 0 Å². The topological polar surface area (TPSA) is 71.9 Å². The average molecular weight is 350 g/mol. The van der Waals surface area contributed by atoms with E-state index < -0.39 is 11.7 Å². The summed E-state index contributed by atoms with van der Waals surface area (Å²) in [4.78, 5) is 18.0. The van der Waals surface area contributed by atoms with Crippen LogP contribution in [0.25, 0.3) is 0 Å². The van der Waals surface area contributed by atoms with Crippen LogP contribution in [-0.4, -0.2) is 52.5 Å². The number of aliphatic hydroxyl groups excluding tert-OH is 1. The Labute approximate surface area is 150 Å². The molecule has 1 aliphatic heterocycles. The van der Waals surface area contributed by atoms with Crippen LogP contribution < -0.4 is 0 Å². The van der Waals surface area contributed by atoms with E-state index in [1.54, 1.807) is 17.3 Å². The predicted molar refractivity (Wildman–Crippen MR) is 95.2 cm³/mol. The number of rotatable bonds is 7. The molecule has 2 unspecified atom stereocenters. The monoisotopic (exact) mass is 350 g/mol. The lowest BCUT2D eigenvalue weighted by molar-refractivity contribution is 0.00969. The molecular formula is C19H30N2O4. The van der Waals surface area contributed by atoms with Crippen LogP contribution in [0.15, 0.2) is 24.5 Å². The summed E-state index contributed by atoms with van der Waals surface area (Å²) in [6.07, 6.45) is 5.92. The minimum Gasteiger partial charge on any atom is -0.444 e. The number of hydrogen-bond donors (Lipinski definition) is 1. The van der Waals surface area contributed by atoms with Gasteiger partial charge in [0.2, 0.25) is 0 Å². The molecule has 1 aromatic rings. The van der Waals surface area contributed by atoms with Crippen molar-refractivity contribution in [1.82, 2.24) is 9.88 Å². The number of aliphatic hydroxyl groups is 1. The number of likely N-dealkylation sites (tertiary alicyclic amines) is 1. The van der Waals surface area contributed by atoms with Gasteiger partial charge in [0.1, 0.15) is 5.60 Å². The second-order valence-corrected chi connectivity index (χ2v) is 7.49. The number of carbonyl (C=O) groups is 1. The molecule has 1 fully saturated rings. The van der Waals surface area contributed by atoms with Gasteiger partial charge in [0, 0.05) is 25.5 Å². The quantitative estimate of drug-likeness (QED) is 0.764. The second-order valence-electron chi connectivity index (χ2n) is 7.49. The van der Waals surface area contributed by atoms with Gasteiger partial charge in [0.05, 0.1) is 18.8 Å². The minimum atomic E-state index is -0.512. The van der Waals surface area contributed by atoms with Crippen molar-refractivity contribution in [2.75, 3.05) is 19.8 Å². The zero-order valence-corrected chi connectivity index (χ0v) is 15.5. The molecule has 1 amide bonds. The highest BCUT2D eigenvalue weighted by atomic mass is 16.6. The van der Waals surface area contributed by atoms with Crippen LogP contribution in [0.1, 0.15) is 58.1 Å². The number of pyridine rings is 1. The maximum Gasteiger partial charge on any atom is 0.410 e. The fourth-order valence-electron chi connectivity index (χ4n) is 2.91. The third-order valence-corrected chi connectivity index (χ3v) is 4.15. The molecule has 6 heteroatoms. The maximum absolute atomic E-state index is 12.2. The van der Waals surface area contributed by atoms with Gasteiger partial charge in [-0.25, -0.2) is 4.79 Å². The van der Waals surface area contributed by atoms with Gasteiger partial charge in [-0.15, -0.1) is 0 Å². The van der Waals surface area contributed by atoms with Crippen molar-refractivity contribution in [3.8, 4) is 0 Å². The van der Waals surface area contributed by atoms with E-state index in [1.165, 1.54) is 0 Å². The maximum atomic E-state index is 12.2. The first kappa shape index (κ1) is 19.7. The fourth-order valence-corrected chi connectivity index (χ4v) is 2.91. The van der Waals surface area contributed by atoms with E-state index in [4.69, 9.17) is 9.47 Å². The standard InChI is InChI=1S/C19H30N2O4/c1-19(2,3)25-18(23)21-11-5-8-16(21)14-24-12-6-9-17(22)15-7-4-10-20-13-15/h4,7,10,13,16-17,22H,5-6,8-9,11-12,14H2,1-3H3. The Kier molecular flexibility index (Phi) is 7.20. The summed E-state index contributed by atoms with van der Waals surface area (Å²) in [5, 5.41) is 10.1. The largest absolute Gasteiger partial charge is 0.444 e. The van der Waals surface area contributed by atoms with Crippen LogP contribution in [0.2, 0.25) is 0 Å². The molecule has 2 atom stereocenters. The van der Waals surface area contributed by atoms with E-state index in [0.717, 1.165) is 31.4 Å². The smallest absolute Gasteiger partial charge is 0.410 e. The molecule has 1 aromatic heterocycles. The van der Waals surface area contributed by atoms with Crippen molar-refractivity contribution in [2.45, 2.75) is 64.2 Å². The van der Waals surface area contributed by atoms with Crippen molar-refractivity contribution in [2.24, 2.45) is 0 Å². The molecule has 1 saturated heterocycles. The molecule has 2 heterocycles. The van der Waals surface area contributed by atoms with E-state index in [1.807, 2.05) is 32.9 Å². The molecule has 1 aliphatic rings. The normalized spacial score (nSPS) is 19.0. The third-order valence-electron chi connectivity index (χ3n) is 4.15. The molecule has 0 aromatic carbocycles. The van der Waals surface area contributed by atoms with Crippen LogP contribution in [0.3, 0.4) is 0 Å². The lowest BCUT2D eigenvalue weighted by Crippen LogP contribution is -2.41. The predicted octanol–water partition coefficient (Wildman–Crippen LogP) is 3.31. The Morgan fingerprint density at radius 2 is 2.28 bits per heavy atom. The zero-order chi connectivity index (χ0) is 18.3. The Morgan fingerprint density at radius 3 is 2.96 bits per heavy atom. The fraction of sp³-hybridized carbons (Fsp3) is 0.684. The molecule has 25 heavy (non-hydrogen) atoms. The lowest BCUT2D eigenvalue weighted by atomic mass is 10.1. The average Bonchev–Trinajstić information content (AvgIpc) is 3.02. The van der Waals surface area contributed by atoms with Crippen molar-refractivity contribution in [3.05, 3.63) is 30.1 Å². The zero-order valence-electron chi connectivity index (χ0n) is 15.5. The van der Waals surface area contributed by atoms with Crippen LogP contribution in [0.4, 0.5) is 4.79 Å². The highest BCUT2D eigenvalue weighted by molar-refractivity contribution is 5.68. The molecule has 0 spiro atoms. The van der Waals surface area contributed by atoms with Crippen molar-refractivity contribution in [3.63, 3.8) is 0 Å². The number of nitrogens with zero attached hydrogens (tertiary/aromatic N) is 2. The molecule has 0 saturated carbocycles. The Bertz CT molecular complexity index is 530. The van der Waals surface area contributed by atoms with Crippen molar-refractivity contribution >= 4 is 6.09 Å².